The van der Waals surface area contributed by atoms with Crippen molar-refractivity contribution in [3.63, 3.8) is 0 Å². The Bertz CT molecular complexity index is 625. The average molecular weight is 387 g/mol. The molecule has 1 atom stereocenters. The molecule has 4 rings (SSSR count). The summed E-state index contributed by atoms with van der Waals surface area (Å²) in [7, 11) is 2.15. The van der Waals surface area contributed by atoms with Gasteiger partial charge in [-0.15, -0.1) is 0 Å². The van der Waals surface area contributed by atoms with E-state index in [4.69, 9.17) is 4.74 Å². The minimum atomic E-state index is -0.438. The Hall–Kier alpha value is -1.10. The summed E-state index contributed by atoms with van der Waals surface area (Å²) >= 11 is 0. The molecule has 1 aromatic rings. The minimum absolute atomic E-state index is 0.369. The third-order valence-electron chi connectivity index (χ3n) is 7.23. The van der Waals surface area contributed by atoms with Crippen molar-refractivity contribution < 1.29 is 9.84 Å². The van der Waals surface area contributed by atoms with Crippen molar-refractivity contribution in [1.82, 2.24) is 9.80 Å². The third-order valence-corrected chi connectivity index (χ3v) is 7.23. The molecular formula is C24H38N2O2. The Morgan fingerprint density at radius 2 is 1.96 bits per heavy atom. The van der Waals surface area contributed by atoms with Crippen molar-refractivity contribution in [2.24, 2.45) is 0 Å². The van der Waals surface area contributed by atoms with Gasteiger partial charge < -0.3 is 14.7 Å². The van der Waals surface area contributed by atoms with Crippen molar-refractivity contribution in [2.75, 3.05) is 26.7 Å². The topological polar surface area (TPSA) is 35.9 Å². The molecule has 156 valence electrons. The number of likely N-dealkylation sites (tertiary alicyclic amines) is 1. The van der Waals surface area contributed by atoms with Crippen LogP contribution < -0.4 is 4.74 Å². The summed E-state index contributed by atoms with van der Waals surface area (Å²) in [6.07, 6.45) is 13.0. The molecule has 1 saturated heterocycles. The number of aliphatic hydroxyl groups excluding tert-OH is 1. The Morgan fingerprint density at radius 1 is 1.14 bits per heavy atom. The molecule has 0 radical (unpaired) electrons. The molecule has 0 aromatic heterocycles. The maximum absolute atomic E-state index is 10.4. The molecule has 0 unspecified atom stereocenters. The molecule has 2 aliphatic carbocycles. The van der Waals surface area contributed by atoms with Gasteiger partial charge in [0.1, 0.15) is 18.5 Å². The number of hydrogen-bond donors (Lipinski definition) is 1. The van der Waals surface area contributed by atoms with E-state index in [2.05, 4.69) is 35.0 Å². The molecule has 4 nitrogen and oxygen atoms in total. The second-order valence-electron chi connectivity index (χ2n) is 9.45. The number of benzene rings is 1. The molecule has 0 amide bonds. The van der Waals surface area contributed by atoms with Gasteiger partial charge in [-0.3, -0.25) is 4.90 Å². The van der Waals surface area contributed by atoms with Gasteiger partial charge in [-0.1, -0.05) is 37.8 Å². The van der Waals surface area contributed by atoms with Crippen LogP contribution in [-0.4, -0.2) is 59.3 Å². The molecule has 28 heavy (non-hydrogen) atoms. The summed E-state index contributed by atoms with van der Waals surface area (Å²) < 4.78 is 5.96. The predicted molar refractivity (Wildman–Crippen MR) is 114 cm³/mol. The van der Waals surface area contributed by atoms with E-state index in [0.29, 0.717) is 24.7 Å². The Morgan fingerprint density at radius 3 is 2.75 bits per heavy atom. The number of aliphatic hydroxyl groups is 1. The quantitative estimate of drug-likeness (QED) is 0.726. The lowest BCUT2D eigenvalue weighted by atomic mass is 9.94. The molecule has 4 heteroatoms. The van der Waals surface area contributed by atoms with Crippen molar-refractivity contribution in [1.29, 1.82) is 0 Å². The summed E-state index contributed by atoms with van der Waals surface area (Å²) in [6.45, 7) is 3.33. The first kappa shape index (κ1) is 20.2. The molecule has 3 fully saturated rings. The fourth-order valence-corrected chi connectivity index (χ4v) is 5.31. The number of piperidine rings is 1. The second kappa shape index (κ2) is 9.15. The standard InChI is InChI=1S/C24H38N2O2/c1-25(21-9-3-2-4-10-21)18-22(27)19-28-23-11-7-8-20(16-23)17-26-15-6-5-12-24(26)13-14-24/h7-8,11,16,21-22,27H,2-6,9-10,12-15,17-19H2,1H3/t22-/m1/s1. The molecular weight excluding hydrogens is 348 g/mol. The highest BCUT2D eigenvalue weighted by molar-refractivity contribution is 5.29. The van der Waals surface area contributed by atoms with Gasteiger partial charge in [-0.25, -0.2) is 0 Å². The highest BCUT2D eigenvalue weighted by Crippen LogP contribution is 2.48. The van der Waals surface area contributed by atoms with E-state index in [1.165, 1.54) is 76.3 Å². The van der Waals surface area contributed by atoms with Gasteiger partial charge in [0.05, 0.1) is 0 Å². The zero-order valence-electron chi connectivity index (χ0n) is 17.6. The summed E-state index contributed by atoms with van der Waals surface area (Å²) in [4.78, 5) is 5.03. The van der Waals surface area contributed by atoms with Crippen LogP contribution in [0.15, 0.2) is 24.3 Å². The molecule has 3 aliphatic rings. The van der Waals surface area contributed by atoms with E-state index in [-0.39, 0.29) is 0 Å². The molecule has 1 heterocycles. The van der Waals surface area contributed by atoms with Crippen molar-refractivity contribution in [3.05, 3.63) is 29.8 Å². The Balaban J connectivity index is 1.25. The van der Waals surface area contributed by atoms with Crippen molar-refractivity contribution in [2.45, 2.75) is 88.4 Å². The Labute approximate surface area is 170 Å². The van der Waals surface area contributed by atoms with Crippen LogP contribution in [0.1, 0.15) is 69.8 Å². The molecule has 0 bridgehead atoms. The lowest BCUT2D eigenvalue weighted by molar-refractivity contribution is 0.0561. The number of hydrogen-bond acceptors (Lipinski definition) is 4. The lowest BCUT2D eigenvalue weighted by Gasteiger charge is -2.36. The van der Waals surface area contributed by atoms with E-state index in [9.17, 15) is 5.11 Å². The van der Waals surface area contributed by atoms with Gasteiger partial charge >= 0.3 is 0 Å². The normalized spacial score (nSPS) is 23.8. The van der Waals surface area contributed by atoms with Crippen LogP contribution >= 0.6 is 0 Å². The minimum Gasteiger partial charge on any atom is -0.491 e. The van der Waals surface area contributed by atoms with Gasteiger partial charge in [-0.05, 0) is 69.8 Å². The van der Waals surface area contributed by atoms with Gasteiger partial charge in [-0.2, -0.15) is 0 Å². The summed E-state index contributed by atoms with van der Waals surface area (Å²) in [5.74, 6) is 0.888. The van der Waals surface area contributed by atoms with Crippen LogP contribution in [0.25, 0.3) is 0 Å². The molecule has 1 aromatic carbocycles. The van der Waals surface area contributed by atoms with Gasteiger partial charge in [0.2, 0.25) is 0 Å². The SMILES string of the molecule is CN(C[C@@H](O)COc1cccc(CN2CCCCC23CC3)c1)C1CCCCC1. The Kier molecular flexibility index (Phi) is 6.59. The van der Waals surface area contributed by atoms with E-state index in [1.54, 1.807) is 0 Å². The van der Waals surface area contributed by atoms with E-state index >= 15 is 0 Å². The van der Waals surface area contributed by atoms with Gasteiger partial charge in [0, 0.05) is 24.7 Å². The van der Waals surface area contributed by atoms with Crippen LogP contribution in [-0.2, 0) is 6.54 Å². The summed E-state index contributed by atoms with van der Waals surface area (Å²) in [5, 5.41) is 10.4. The van der Waals surface area contributed by atoms with Crippen LogP contribution in [0.5, 0.6) is 5.75 Å². The number of rotatable bonds is 8. The first-order valence-electron chi connectivity index (χ1n) is 11.5. The fraction of sp³-hybridized carbons (Fsp3) is 0.750. The van der Waals surface area contributed by atoms with Crippen LogP contribution in [0.3, 0.4) is 0 Å². The van der Waals surface area contributed by atoms with Crippen LogP contribution in [0, 0.1) is 0 Å². The second-order valence-corrected chi connectivity index (χ2v) is 9.45. The number of likely N-dealkylation sites (N-methyl/N-ethyl adjacent to an activating group) is 1. The number of ether oxygens (including phenoxy) is 1. The van der Waals surface area contributed by atoms with E-state index in [1.807, 2.05) is 6.07 Å². The number of nitrogens with zero attached hydrogens (tertiary/aromatic N) is 2. The van der Waals surface area contributed by atoms with Gasteiger partial charge in [0.15, 0.2) is 0 Å². The monoisotopic (exact) mass is 386 g/mol. The molecule has 2 saturated carbocycles. The van der Waals surface area contributed by atoms with Gasteiger partial charge in [0.25, 0.3) is 0 Å². The fourth-order valence-electron chi connectivity index (χ4n) is 5.31. The largest absolute Gasteiger partial charge is 0.491 e. The summed E-state index contributed by atoms with van der Waals surface area (Å²) in [5.41, 5.74) is 1.86. The predicted octanol–water partition coefficient (Wildman–Crippen LogP) is 4.21. The highest BCUT2D eigenvalue weighted by atomic mass is 16.5. The van der Waals surface area contributed by atoms with Crippen LogP contribution in [0.2, 0.25) is 0 Å². The first-order chi connectivity index (χ1) is 13.6. The summed E-state index contributed by atoms with van der Waals surface area (Å²) in [6, 6.07) is 9.12. The zero-order valence-corrected chi connectivity index (χ0v) is 17.6. The van der Waals surface area contributed by atoms with Crippen molar-refractivity contribution >= 4 is 0 Å². The van der Waals surface area contributed by atoms with E-state index in [0.717, 1.165) is 12.3 Å². The molecule has 1 spiro atoms. The highest BCUT2D eigenvalue weighted by Gasteiger charge is 2.48. The molecule has 1 N–H and O–H groups in total. The lowest BCUT2D eigenvalue weighted by Crippen LogP contribution is -2.40. The maximum atomic E-state index is 10.4. The average Bonchev–Trinajstić information content (AvgIpc) is 3.49. The third kappa shape index (κ3) is 5.08. The first-order valence-corrected chi connectivity index (χ1v) is 11.5. The smallest absolute Gasteiger partial charge is 0.119 e. The van der Waals surface area contributed by atoms with E-state index < -0.39 is 6.10 Å². The zero-order chi connectivity index (χ0) is 19.4. The van der Waals surface area contributed by atoms with Crippen LogP contribution in [0.4, 0.5) is 0 Å². The molecule has 1 aliphatic heterocycles. The maximum Gasteiger partial charge on any atom is 0.119 e. The van der Waals surface area contributed by atoms with Crippen molar-refractivity contribution in [3.8, 4) is 5.75 Å².